The zero-order valence-corrected chi connectivity index (χ0v) is 16.6. The number of fused-ring (bicyclic) bond motifs is 2. The molecule has 1 heterocycles. The van der Waals surface area contributed by atoms with E-state index in [0.717, 1.165) is 16.5 Å². The Balaban J connectivity index is 1.96. The smallest absolute Gasteiger partial charge is 0.341 e. The van der Waals surface area contributed by atoms with Crippen LogP contribution in [0.15, 0.2) is 66.9 Å². The molecule has 6 heteroatoms. The van der Waals surface area contributed by atoms with E-state index < -0.39 is 11.9 Å². The van der Waals surface area contributed by atoms with Crippen LogP contribution >= 0.6 is 0 Å². The number of hydrogen-bond acceptors (Lipinski definition) is 6. The fraction of sp³-hybridized carbons (Fsp3) is 0.125. The summed E-state index contributed by atoms with van der Waals surface area (Å²) in [5.74, 6) is -0.980. The number of benzene rings is 3. The lowest BCUT2D eigenvalue weighted by molar-refractivity contribution is 0.0526. The summed E-state index contributed by atoms with van der Waals surface area (Å²) in [6.07, 6.45) is 1.43. The van der Waals surface area contributed by atoms with Crippen molar-refractivity contribution in [1.29, 1.82) is 0 Å². The Bertz CT molecular complexity index is 1260. The van der Waals surface area contributed by atoms with Gasteiger partial charge >= 0.3 is 11.9 Å². The highest BCUT2D eigenvalue weighted by Gasteiger charge is 2.20. The molecule has 0 amide bonds. The number of hydrogen-bond donors (Lipinski definition) is 1. The van der Waals surface area contributed by atoms with E-state index in [9.17, 15) is 9.59 Å². The lowest BCUT2D eigenvalue weighted by Crippen LogP contribution is -2.11. The average Bonchev–Trinajstić information content (AvgIpc) is 2.78. The third-order valence-corrected chi connectivity index (χ3v) is 4.85. The van der Waals surface area contributed by atoms with E-state index in [2.05, 4.69) is 10.3 Å². The summed E-state index contributed by atoms with van der Waals surface area (Å²) in [7, 11) is 1.32. The molecule has 150 valence electrons. The number of rotatable bonds is 5. The molecule has 3 aromatic carbocycles. The minimum Gasteiger partial charge on any atom is -0.465 e. The summed E-state index contributed by atoms with van der Waals surface area (Å²) in [5, 5.41) is 6.08. The number of methoxy groups -OCH3 is 1. The minimum atomic E-state index is -0.493. The van der Waals surface area contributed by atoms with Gasteiger partial charge in [0, 0.05) is 22.7 Å². The molecule has 0 aliphatic heterocycles. The van der Waals surface area contributed by atoms with Gasteiger partial charge in [0.05, 0.1) is 30.5 Å². The predicted molar refractivity (Wildman–Crippen MR) is 116 cm³/mol. The average molecular weight is 400 g/mol. The monoisotopic (exact) mass is 400 g/mol. The molecule has 0 unspecified atom stereocenters. The molecule has 6 nitrogen and oxygen atoms in total. The predicted octanol–water partition coefficient (Wildman–Crippen LogP) is 5.09. The van der Waals surface area contributed by atoms with Crippen LogP contribution in [0.3, 0.4) is 0 Å². The fourth-order valence-electron chi connectivity index (χ4n) is 3.47. The Morgan fingerprint density at radius 3 is 2.43 bits per heavy atom. The molecule has 0 atom stereocenters. The molecule has 0 fully saturated rings. The molecule has 1 aromatic heterocycles. The number of anilines is 2. The molecule has 0 saturated carbocycles. The van der Waals surface area contributed by atoms with Gasteiger partial charge in [0.2, 0.25) is 0 Å². The van der Waals surface area contributed by atoms with Crippen LogP contribution < -0.4 is 5.32 Å². The minimum absolute atomic E-state index is 0.243. The second kappa shape index (κ2) is 8.21. The molecule has 4 aromatic rings. The maximum Gasteiger partial charge on any atom is 0.341 e. The second-order valence-electron chi connectivity index (χ2n) is 6.61. The quantitative estimate of drug-likeness (QED) is 0.470. The summed E-state index contributed by atoms with van der Waals surface area (Å²) in [4.78, 5) is 29.2. The van der Waals surface area contributed by atoms with E-state index in [1.54, 1.807) is 19.1 Å². The number of pyridine rings is 1. The van der Waals surface area contributed by atoms with Crippen LogP contribution in [0.5, 0.6) is 0 Å². The number of ether oxygens (including phenoxy) is 2. The first kappa shape index (κ1) is 19.4. The van der Waals surface area contributed by atoms with Crippen molar-refractivity contribution in [2.24, 2.45) is 0 Å². The Kier molecular flexibility index (Phi) is 5.30. The lowest BCUT2D eigenvalue weighted by atomic mass is 10.0. The van der Waals surface area contributed by atoms with Crippen molar-refractivity contribution in [3.05, 3.63) is 78.0 Å². The van der Waals surface area contributed by atoms with E-state index in [4.69, 9.17) is 9.47 Å². The highest BCUT2D eigenvalue weighted by Crippen LogP contribution is 2.34. The molecule has 0 bridgehead atoms. The van der Waals surface area contributed by atoms with Crippen molar-refractivity contribution in [3.63, 3.8) is 0 Å². The summed E-state index contributed by atoms with van der Waals surface area (Å²) < 4.78 is 10.1. The number of aromatic nitrogens is 1. The zero-order valence-electron chi connectivity index (χ0n) is 16.6. The van der Waals surface area contributed by atoms with Crippen molar-refractivity contribution >= 4 is 45.0 Å². The van der Waals surface area contributed by atoms with Gasteiger partial charge in [-0.3, -0.25) is 4.98 Å². The van der Waals surface area contributed by atoms with Gasteiger partial charge in [0.25, 0.3) is 0 Å². The van der Waals surface area contributed by atoms with Crippen LogP contribution in [-0.2, 0) is 9.47 Å². The second-order valence-corrected chi connectivity index (χ2v) is 6.61. The molecule has 0 radical (unpaired) electrons. The van der Waals surface area contributed by atoms with Crippen molar-refractivity contribution in [2.45, 2.75) is 6.92 Å². The number of para-hydroxylation sites is 1. The normalized spacial score (nSPS) is 10.7. The van der Waals surface area contributed by atoms with E-state index in [1.165, 1.54) is 13.3 Å². The van der Waals surface area contributed by atoms with Crippen molar-refractivity contribution in [1.82, 2.24) is 4.98 Å². The Labute approximate surface area is 173 Å². The third kappa shape index (κ3) is 3.43. The van der Waals surface area contributed by atoms with E-state index >= 15 is 0 Å². The third-order valence-electron chi connectivity index (χ3n) is 4.85. The number of nitrogens with zero attached hydrogens (tertiary/aromatic N) is 1. The summed E-state index contributed by atoms with van der Waals surface area (Å²) in [5.41, 5.74) is 2.42. The van der Waals surface area contributed by atoms with Crippen LogP contribution in [0.1, 0.15) is 27.6 Å². The summed E-state index contributed by atoms with van der Waals surface area (Å²) in [6, 6.07) is 19.0. The van der Waals surface area contributed by atoms with Gasteiger partial charge in [-0.1, -0.05) is 48.5 Å². The van der Waals surface area contributed by atoms with Gasteiger partial charge in [-0.05, 0) is 24.4 Å². The summed E-state index contributed by atoms with van der Waals surface area (Å²) in [6.45, 7) is 1.99. The molecule has 30 heavy (non-hydrogen) atoms. The lowest BCUT2D eigenvalue weighted by Gasteiger charge is -2.16. The van der Waals surface area contributed by atoms with Gasteiger partial charge in [-0.15, -0.1) is 0 Å². The van der Waals surface area contributed by atoms with Crippen molar-refractivity contribution in [3.8, 4) is 0 Å². The van der Waals surface area contributed by atoms with Gasteiger partial charge in [0.15, 0.2) is 0 Å². The van der Waals surface area contributed by atoms with Crippen LogP contribution in [0.2, 0.25) is 0 Å². The molecule has 0 aliphatic carbocycles. The van der Waals surface area contributed by atoms with E-state index in [1.807, 2.05) is 48.5 Å². The highest BCUT2D eigenvalue weighted by atomic mass is 16.5. The number of esters is 2. The number of nitrogens with one attached hydrogen (secondary N) is 1. The maximum atomic E-state index is 12.6. The summed E-state index contributed by atoms with van der Waals surface area (Å²) >= 11 is 0. The molecule has 0 aliphatic rings. The fourth-order valence-corrected chi connectivity index (χ4v) is 3.47. The topological polar surface area (TPSA) is 77.5 Å². The van der Waals surface area contributed by atoms with Crippen LogP contribution in [0.25, 0.3) is 21.7 Å². The number of carbonyl (C=O) groups excluding carboxylic acids is 2. The van der Waals surface area contributed by atoms with Crippen molar-refractivity contribution < 1.29 is 19.1 Å². The largest absolute Gasteiger partial charge is 0.465 e. The molecule has 1 N–H and O–H groups in total. The SMILES string of the molecule is CCOC(=O)c1cnc2c(C(=O)OC)cccc2c1Nc1cccc2ccccc12. The Hall–Kier alpha value is -3.93. The van der Waals surface area contributed by atoms with Gasteiger partial charge in [-0.25, -0.2) is 9.59 Å². The van der Waals surface area contributed by atoms with Crippen LogP contribution in [0.4, 0.5) is 11.4 Å². The van der Waals surface area contributed by atoms with Gasteiger partial charge < -0.3 is 14.8 Å². The highest BCUT2D eigenvalue weighted by molar-refractivity contribution is 6.12. The zero-order chi connectivity index (χ0) is 21.1. The first-order valence-electron chi connectivity index (χ1n) is 9.56. The first-order chi connectivity index (χ1) is 14.6. The van der Waals surface area contributed by atoms with Crippen LogP contribution in [0, 0.1) is 0 Å². The maximum absolute atomic E-state index is 12.6. The molecule has 0 saturated heterocycles. The van der Waals surface area contributed by atoms with Crippen LogP contribution in [-0.4, -0.2) is 30.6 Å². The Morgan fingerprint density at radius 1 is 0.900 bits per heavy atom. The number of carbonyl (C=O) groups is 2. The first-order valence-corrected chi connectivity index (χ1v) is 9.56. The van der Waals surface area contributed by atoms with Gasteiger partial charge in [0.1, 0.15) is 5.56 Å². The molecule has 0 spiro atoms. The van der Waals surface area contributed by atoms with E-state index in [0.29, 0.717) is 27.7 Å². The Morgan fingerprint density at radius 2 is 1.63 bits per heavy atom. The standard InChI is InChI=1S/C24H20N2O4/c1-3-30-24(28)19-14-25-21-17(11-7-12-18(21)23(27)29-2)22(19)26-20-13-6-9-15-8-4-5-10-16(15)20/h4-14H,3H2,1-2H3,(H,25,26). The molecular weight excluding hydrogens is 380 g/mol. The molecule has 4 rings (SSSR count). The molecular formula is C24H20N2O4. The van der Waals surface area contributed by atoms with Gasteiger partial charge in [-0.2, -0.15) is 0 Å². The van der Waals surface area contributed by atoms with Crippen molar-refractivity contribution in [2.75, 3.05) is 19.0 Å². The van der Waals surface area contributed by atoms with E-state index in [-0.39, 0.29) is 6.61 Å².